The molecule has 0 aliphatic carbocycles. The topological polar surface area (TPSA) is 60.9 Å². The van der Waals surface area contributed by atoms with Gasteiger partial charge in [-0.3, -0.25) is 9.36 Å². The van der Waals surface area contributed by atoms with Crippen molar-refractivity contribution in [1.82, 2.24) is 9.55 Å². The molecule has 2 aromatic rings. The van der Waals surface area contributed by atoms with Crippen molar-refractivity contribution in [3.8, 4) is 0 Å². The van der Waals surface area contributed by atoms with E-state index < -0.39 is 0 Å². The summed E-state index contributed by atoms with van der Waals surface area (Å²) in [5, 5.41) is 0. The van der Waals surface area contributed by atoms with Crippen LogP contribution in [0.25, 0.3) is 12.2 Å². The third-order valence-corrected chi connectivity index (χ3v) is 2.98. The third-order valence-electron chi connectivity index (χ3n) is 2.48. The van der Waals surface area contributed by atoms with Gasteiger partial charge in [-0.05, 0) is 23.8 Å². The summed E-state index contributed by atoms with van der Waals surface area (Å²) in [5.74, 6) is 0.205. The highest BCUT2D eigenvalue weighted by molar-refractivity contribution is 9.10. The molecule has 0 bridgehead atoms. The molecular weight excluding hydrogens is 294 g/mol. The Labute approximate surface area is 113 Å². The van der Waals surface area contributed by atoms with Gasteiger partial charge < -0.3 is 5.73 Å². The van der Waals surface area contributed by atoms with Crippen LogP contribution >= 0.6 is 15.9 Å². The Kier molecular flexibility index (Phi) is 3.62. The van der Waals surface area contributed by atoms with Crippen molar-refractivity contribution in [2.45, 2.75) is 0 Å². The number of halogens is 1. The molecule has 0 aliphatic rings. The number of hydrogen-bond acceptors (Lipinski definition) is 3. The van der Waals surface area contributed by atoms with Gasteiger partial charge in [0.2, 0.25) is 5.95 Å². The molecule has 2 rings (SSSR count). The Hall–Kier alpha value is -1.88. The molecular formula is C13H12BrN3O. The molecule has 92 valence electrons. The van der Waals surface area contributed by atoms with Gasteiger partial charge in [0.15, 0.2) is 0 Å². The minimum atomic E-state index is -0.170. The van der Waals surface area contributed by atoms with Gasteiger partial charge in [0, 0.05) is 17.6 Å². The lowest BCUT2D eigenvalue weighted by atomic mass is 10.2. The van der Waals surface area contributed by atoms with Crippen molar-refractivity contribution in [3.05, 3.63) is 56.4 Å². The van der Waals surface area contributed by atoms with Crippen LogP contribution in [0.2, 0.25) is 0 Å². The Balaban J connectivity index is 2.32. The number of aromatic nitrogens is 2. The van der Waals surface area contributed by atoms with Crippen molar-refractivity contribution < 1.29 is 0 Å². The van der Waals surface area contributed by atoms with E-state index in [9.17, 15) is 4.79 Å². The van der Waals surface area contributed by atoms with E-state index in [1.807, 2.05) is 30.3 Å². The highest BCUT2D eigenvalue weighted by Gasteiger charge is 1.99. The number of anilines is 1. The maximum absolute atomic E-state index is 11.5. The minimum absolute atomic E-state index is 0.170. The molecule has 0 spiro atoms. The van der Waals surface area contributed by atoms with Crippen LogP contribution < -0.4 is 11.3 Å². The van der Waals surface area contributed by atoms with Crippen LogP contribution in [0.4, 0.5) is 5.95 Å². The zero-order valence-electron chi connectivity index (χ0n) is 9.80. The monoisotopic (exact) mass is 305 g/mol. The summed E-state index contributed by atoms with van der Waals surface area (Å²) in [4.78, 5) is 15.6. The van der Waals surface area contributed by atoms with Crippen LogP contribution in [0.3, 0.4) is 0 Å². The van der Waals surface area contributed by atoms with Crippen LogP contribution in [0.1, 0.15) is 11.3 Å². The van der Waals surface area contributed by atoms with Gasteiger partial charge in [0.05, 0.1) is 5.69 Å². The quantitative estimate of drug-likeness (QED) is 0.926. The molecule has 2 N–H and O–H groups in total. The largest absolute Gasteiger partial charge is 0.369 e. The molecule has 0 atom stereocenters. The molecule has 0 aliphatic heterocycles. The predicted molar refractivity (Wildman–Crippen MR) is 77.0 cm³/mol. The number of rotatable bonds is 2. The summed E-state index contributed by atoms with van der Waals surface area (Å²) in [7, 11) is 1.59. The fourth-order valence-corrected chi connectivity index (χ4v) is 1.87. The second-order valence-corrected chi connectivity index (χ2v) is 4.74. The van der Waals surface area contributed by atoms with Gasteiger partial charge in [-0.25, -0.2) is 4.98 Å². The van der Waals surface area contributed by atoms with Crippen LogP contribution in [0.5, 0.6) is 0 Å². The molecule has 0 saturated heterocycles. The molecule has 18 heavy (non-hydrogen) atoms. The average Bonchev–Trinajstić information content (AvgIpc) is 2.33. The first-order chi connectivity index (χ1) is 8.56. The smallest absolute Gasteiger partial charge is 0.255 e. The fraction of sp³-hybridized carbons (Fsp3) is 0.0769. The zero-order chi connectivity index (χ0) is 13.1. The summed E-state index contributed by atoms with van der Waals surface area (Å²) >= 11 is 3.40. The van der Waals surface area contributed by atoms with Crippen molar-refractivity contribution in [3.63, 3.8) is 0 Å². The van der Waals surface area contributed by atoms with Crippen LogP contribution in [-0.4, -0.2) is 9.55 Å². The van der Waals surface area contributed by atoms with Gasteiger partial charge in [-0.15, -0.1) is 0 Å². The molecule has 0 radical (unpaired) electrons. The normalized spacial score (nSPS) is 11.0. The predicted octanol–water partition coefficient (Wildman–Crippen LogP) is 2.30. The Morgan fingerprint density at radius 3 is 2.78 bits per heavy atom. The molecule has 1 aromatic heterocycles. The van der Waals surface area contributed by atoms with Gasteiger partial charge in [-0.1, -0.05) is 34.1 Å². The Morgan fingerprint density at radius 2 is 2.11 bits per heavy atom. The third kappa shape index (κ3) is 2.87. The van der Waals surface area contributed by atoms with E-state index >= 15 is 0 Å². The number of hydrogen-bond donors (Lipinski definition) is 1. The maximum atomic E-state index is 11.5. The standard InChI is InChI=1S/C13H12BrN3O/c1-17-12(18)8-11(16-13(17)15)6-5-9-3-2-4-10(14)7-9/h2-8H,1H3,(H2,15,16). The van der Waals surface area contributed by atoms with E-state index in [1.165, 1.54) is 10.6 Å². The highest BCUT2D eigenvalue weighted by atomic mass is 79.9. The number of nitrogens with zero attached hydrogens (tertiary/aromatic N) is 2. The molecule has 0 saturated carbocycles. The lowest BCUT2D eigenvalue weighted by Crippen LogP contribution is -2.20. The van der Waals surface area contributed by atoms with Gasteiger partial charge in [-0.2, -0.15) is 0 Å². The van der Waals surface area contributed by atoms with E-state index in [1.54, 1.807) is 13.1 Å². The second kappa shape index (κ2) is 5.18. The summed E-state index contributed by atoms with van der Waals surface area (Å²) in [6.45, 7) is 0. The first-order valence-electron chi connectivity index (χ1n) is 5.33. The summed E-state index contributed by atoms with van der Waals surface area (Å²) < 4.78 is 2.30. The Morgan fingerprint density at radius 1 is 1.33 bits per heavy atom. The summed E-state index contributed by atoms with van der Waals surface area (Å²) in [6, 6.07) is 9.28. The molecule has 1 aromatic carbocycles. The fourth-order valence-electron chi connectivity index (χ4n) is 1.45. The van der Waals surface area contributed by atoms with E-state index in [-0.39, 0.29) is 11.5 Å². The van der Waals surface area contributed by atoms with E-state index in [0.29, 0.717) is 5.69 Å². The minimum Gasteiger partial charge on any atom is -0.369 e. The lowest BCUT2D eigenvalue weighted by Gasteiger charge is -2.02. The van der Waals surface area contributed by atoms with Crippen LogP contribution in [0.15, 0.2) is 39.6 Å². The van der Waals surface area contributed by atoms with Crippen LogP contribution in [0, 0.1) is 0 Å². The second-order valence-electron chi connectivity index (χ2n) is 3.82. The number of nitrogen functional groups attached to an aromatic ring is 1. The van der Waals surface area contributed by atoms with Crippen LogP contribution in [-0.2, 0) is 7.05 Å². The first kappa shape index (κ1) is 12.6. The van der Waals surface area contributed by atoms with Crippen molar-refractivity contribution >= 4 is 34.0 Å². The molecule has 0 fully saturated rings. The van der Waals surface area contributed by atoms with Crippen molar-refractivity contribution in [2.75, 3.05) is 5.73 Å². The van der Waals surface area contributed by atoms with Gasteiger partial charge in [0.1, 0.15) is 0 Å². The zero-order valence-corrected chi connectivity index (χ0v) is 11.4. The molecule has 0 unspecified atom stereocenters. The SMILES string of the molecule is Cn1c(N)nc(C=Cc2cccc(Br)c2)cc1=O. The van der Waals surface area contributed by atoms with E-state index in [2.05, 4.69) is 20.9 Å². The first-order valence-corrected chi connectivity index (χ1v) is 6.13. The maximum Gasteiger partial charge on any atom is 0.255 e. The van der Waals surface area contributed by atoms with Gasteiger partial charge >= 0.3 is 0 Å². The number of nitrogens with two attached hydrogens (primary N) is 1. The summed E-state index contributed by atoms with van der Waals surface area (Å²) in [6.07, 6.45) is 3.64. The molecule has 4 nitrogen and oxygen atoms in total. The molecule has 1 heterocycles. The van der Waals surface area contributed by atoms with E-state index in [4.69, 9.17) is 5.73 Å². The summed E-state index contributed by atoms with van der Waals surface area (Å²) in [5.41, 5.74) is 7.03. The average molecular weight is 306 g/mol. The van der Waals surface area contributed by atoms with Crippen molar-refractivity contribution in [1.29, 1.82) is 0 Å². The van der Waals surface area contributed by atoms with Gasteiger partial charge in [0.25, 0.3) is 5.56 Å². The molecule has 0 amide bonds. The highest BCUT2D eigenvalue weighted by Crippen LogP contribution is 2.13. The van der Waals surface area contributed by atoms with Crippen molar-refractivity contribution in [2.24, 2.45) is 7.05 Å². The Bertz CT molecular complexity index is 662. The lowest BCUT2D eigenvalue weighted by molar-refractivity contribution is 0.840. The number of benzene rings is 1. The molecule has 5 heteroatoms. The van der Waals surface area contributed by atoms with E-state index in [0.717, 1.165) is 10.0 Å².